The lowest BCUT2D eigenvalue weighted by Crippen LogP contribution is -2.50. The van der Waals surface area contributed by atoms with Gasteiger partial charge < -0.3 is 58.1 Å². The van der Waals surface area contributed by atoms with Crippen LogP contribution >= 0.6 is 0 Å². The minimum Gasteiger partial charge on any atom is -0.458 e. The van der Waals surface area contributed by atoms with Crippen molar-refractivity contribution in [1.82, 2.24) is 9.97 Å². The van der Waals surface area contributed by atoms with Crippen LogP contribution in [0.3, 0.4) is 0 Å². The molecule has 5 N–H and O–H groups in total. The van der Waals surface area contributed by atoms with Gasteiger partial charge in [-0.2, -0.15) is 0 Å². The fourth-order valence-corrected chi connectivity index (χ4v) is 10.4. The molecule has 0 spiro atoms. The summed E-state index contributed by atoms with van der Waals surface area (Å²) in [5.41, 5.74) is 3.70. The van der Waals surface area contributed by atoms with Gasteiger partial charge in [-0.1, -0.05) is 62.0 Å². The minimum absolute atomic E-state index is 0.0969. The molecule has 7 heterocycles. The maximum absolute atomic E-state index is 13.5. The molecule has 2 aromatic heterocycles. The molecule has 0 amide bonds. The van der Waals surface area contributed by atoms with E-state index < -0.39 is 48.4 Å². The van der Waals surface area contributed by atoms with Crippen molar-refractivity contribution in [2.24, 2.45) is 23.7 Å². The zero-order valence-electron chi connectivity index (χ0n) is 39.7. The zero-order chi connectivity index (χ0) is 48.5. The molecule has 0 unspecified atom stereocenters. The Labute approximate surface area is 399 Å². The van der Waals surface area contributed by atoms with Crippen LogP contribution in [0.5, 0.6) is 0 Å². The number of ether oxygens (including phenoxy) is 5. The Morgan fingerprint density at radius 2 is 1.78 bits per heavy atom. The van der Waals surface area contributed by atoms with Crippen LogP contribution in [-0.4, -0.2) is 115 Å². The Hall–Kier alpha value is -4.47. The summed E-state index contributed by atoms with van der Waals surface area (Å²) in [5.74, 6) is -0.127. The van der Waals surface area contributed by atoms with E-state index in [4.69, 9.17) is 43.9 Å². The van der Waals surface area contributed by atoms with Crippen LogP contribution in [-0.2, 0) is 34.9 Å². The van der Waals surface area contributed by atoms with Crippen molar-refractivity contribution >= 4 is 18.1 Å². The topological polar surface area (TPSA) is 216 Å². The summed E-state index contributed by atoms with van der Waals surface area (Å²) in [5, 5.41) is 53.5. The van der Waals surface area contributed by atoms with E-state index in [9.17, 15) is 30.3 Å². The Bertz CT molecular complexity index is 2220. The van der Waals surface area contributed by atoms with Gasteiger partial charge in [-0.15, -0.1) is 12.3 Å². The number of rotatable bonds is 11. The third kappa shape index (κ3) is 13.6. The van der Waals surface area contributed by atoms with Gasteiger partial charge in [0.25, 0.3) is 0 Å². The van der Waals surface area contributed by atoms with Crippen LogP contribution in [0.1, 0.15) is 121 Å². The predicted molar refractivity (Wildman–Crippen MR) is 252 cm³/mol. The monoisotopic (exact) mass is 942 g/mol. The molecule has 0 aliphatic carbocycles. The first-order valence-electron chi connectivity index (χ1n) is 24.1. The fraction of sp³-hybridized carbons (Fsp3) is 0.604. The maximum Gasteiger partial charge on any atom is 0.330 e. The van der Waals surface area contributed by atoms with Gasteiger partial charge in [0.1, 0.15) is 36.1 Å². The van der Waals surface area contributed by atoms with Gasteiger partial charge in [0.15, 0.2) is 11.7 Å². The van der Waals surface area contributed by atoms with Gasteiger partial charge in [-0.3, -0.25) is 0 Å². The third-order valence-electron chi connectivity index (χ3n) is 13.8. The molecule has 370 valence electrons. The van der Waals surface area contributed by atoms with E-state index in [1.165, 1.54) is 12.3 Å². The smallest absolute Gasteiger partial charge is 0.330 e. The lowest BCUT2D eigenvalue weighted by atomic mass is 9.79. The number of allylic oxidation sites excluding steroid dienone is 2. The average molecular weight is 943 g/mol. The zero-order valence-corrected chi connectivity index (χ0v) is 39.7. The number of hydrogen-bond donors (Lipinski definition) is 5. The fourth-order valence-electron chi connectivity index (χ4n) is 10.4. The quantitative estimate of drug-likeness (QED) is 0.0688. The number of carbonyl (C=O) groups is 1. The number of fused-ring (bicyclic) bond motifs is 9. The third-order valence-corrected chi connectivity index (χ3v) is 13.8. The number of carbonyl (C=O) groups excluding carboxylic acids is 1. The second-order valence-electron chi connectivity index (χ2n) is 19.7. The average Bonchev–Trinajstić information content (AvgIpc) is 3.95. The van der Waals surface area contributed by atoms with E-state index in [-0.39, 0.29) is 80.0 Å². The van der Waals surface area contributed by atoms with Gasteiger partial charge in [-0.25, -0.2) is 14.8 Å². The molecular formula is C53H70N2O13. The molecule has 15 heteroatoms. The molecule has 0 saturated carbocycles. The van der Waals surface area contributed by atoms with Crippen LogP contribution in [0.25, 0.3) is 12.2 Å². The van der Waals surface area contributed by atoms with E-state index >= 15 is 0 Å². The highest BCUT2D eigenvalue weighted by Gasteiger charge is 2.45. The van der Waals surface area contributed by atoms with Crippen molar-refractivity contribution in [3.8, 4) is 12.3 Å². The molecule has 4 fully saturated rings. The molecular weight excluding hydrogens is 873 g/mol. The molecule has 5 aliphatic heterocycles. The molecule has 0 aromatic carbocycles. The Morgan fingerprint density at radius 3 is 2.56 bits per heavy atom. The summed E-state index contributed by atoms with van der Waals surface area (Å²) < 4.78 is 43.8. The molecule has 7 rings (SSSR count). The first-order chi connectivity index (χ1) is 32.6. The summed E-state index contributed by atoms with van der Waals surface area (Å²) in [6, 6.07) is 0. The number of terminal acetylenes is 1. The molecule has 5 aliphatic rings. The van der Waals surface area contributed by atoms with E-state index in [1.807, 2.05) is 32.9 Å². The van der Waals surface area contributed by atoms with E-state index in [1.54, 1.807) is 43.6 Å². The van der Waals surface area contributed by atoms with Crippen LogP contribution < -0.4 is 0 Å². The SMILES string of the molecule is C#CC[C@H](/C=C/C(C)=C/[C@@H](O)[C@H]1C[C@@H](CO)C[C@@](O)(Cc2nc(/C=C(\C)[C@@H]3O[C@@H]4C/C=C/c5nc(co5)[C@H]5C[C@H](O)C[C@@H](C[C@H]6CC(=C)C[C@H](C/C=C/C(=O)O[C@@H]([C@H]4C)[C@H]3C)O6)O5)co2)O1)CO. The number of esters is 1. The molecule has 68 heavy (non-hydrogen) atoms. The molecule has 4 saturated heterocycles. The van der Waals surface area contributed by atoms with Gasteiger partial charge in [-0.05, 0) is 76.0 Å². The van der Waals surface area contributed by atoms with Gasteiger partial charge >= 0.3 is 5.97 Å². The second kappa shape index (κ2) is 23.4. The standard InChI is InChI=1S/C53H70N2O13/c1-7-10-36(27-56)16-15-31(2)19-44(59)47-21-37(28-57)25-53(61,68-47)26-49-54-38(29-62-49)20-33(4)51-35(6)52-34(5)45(66-51)12-9-13-48-55-43(30-63-48)46-23-39(58)22-42(65-46)24-41-18-32(3)17-40(64-41)11-8-14-50(60)67-52/h1,8-9,13-16,19-20,29-30,34-37,39-42,44-47,51-52,56-59,61H,3,10-12,17-18,21-28H2,2,4-6H3/b13-9+,14-8+,16-15+,31-19+,33-20+/t34-,35-,36+,37+,39+,40-,41+,42-,44+,45+,46+,47+,51-,52-,53-/m0/s1. The Morgan fingerprint density at radius 1 is 0.985 bits per heavy atom. The van der Waals surface area contributed by atoms with E-state index in [0.717, 1.165) is 16.7 Å². The molecule has 15 nitrogen and oxygen atoms in total. The Kier molecular flexibility index (Phi) is 17.7. The maximum atomic E-state index is 13.5. The number of oxazole rings is 2. The van der Waals surface area contributed by atoms with Crippen LogP contribution in [0.15, 0.2) is 81.1 Å². The predicted octanol–water partition coefficient (Wildman–Crippen LogP) is 6.67. The van der Waals surface area contributed by atoms with Gasteiger partial charge in [0.2, 0.25) is 5.89 Å². The van der Waals surface area contributed by atoms with Crippen molar-refractivity contribution in [2.75, 3.05) is 13.2 Å². The second-order valence-corrected chi connectivity index (χ2v) is 19.7. The molecule has 15 atom stereocenters. The highest BCUT2D eigenvalue weighted by atomic mass is 16.6. The van der Waals surface area contributed by atoms with Crippen LogP contribution in [0.2, 0.25) is 0 Å². The normalized spacial score (nSPS) is 36.2. The van der Waals surface area contributed by atoms with E-state index in [2.05, 4.69) is 17.5 Å². The van der Waals surface area contributed by atoms with Crippen molar-refractivity contribution in [3.63, 3.8) is 0 Å². The van der Waals surface area contributed by atoms with Crippen molar-refractivity contribution in [2.45, 2.75) is 165 Å². The largest absolute Gasteiger partial charge is 0.458 e. The highest BCUT2D eigenvalue weighted by molar-refractivity contribution is 5.82. The lowest BCUT2D eigenvalue weighted by molar-refractivity contribution is -0.279. The summed E-state index contributed by atoms with van der Waals surface area (Å²) >= 11 is 0. The summed E-state index contributed by atoms with van der Waals surface area (Å²) in [6.45, 7) is 11.7. The summed E-state index contributed by atoms with van der Waals surface area (Å²) in [6.07, 6.45) is 22.2. The van der Waals surface area contributed by atoms with Crippen LogP contribution in [0.4, 0.5) is 0 Å². The summed E-state index contributed by atoms with van der Waals surface area (Å²) in [7, 11) is 0. The summed E-state index contributed by atoms with van der Waals surface area (Å²) in [4.78, 5) is 22.9. The lowest BCUT2D eigenvalue weighted by Gasteiger charge is -2.44. The molecule has 8 bridgehead atoms. The number of aliphatic hydroxyl groups is 5. The van der Waals surface area contributed by atoms with Crippen LogP contribution in [0, 0.1) is 36.0 Å². The first-order valence-corrected chi connectivity index (χ1v) is 24.1. The van der Waals surface area contributed by atoms with Crippen molar-refractivity contribution < 1.29 is 62.8 Å². The molecule has 0 radical (unpaired) electrons. The highest BCUT2D eigenvalue weighted by Crippen LogP contribution is 2.40. The number of aliphatic hydroxyl groups excluding tert-OH is 4. The Balaban J connectivity index is 1.07. The van der Waals surface area contributed by atoms with Crippen molar-refractivity contribution in [1.29, 1.82) is 0 Å². The minimum atomic E-state index is -1.79. The number of nitrogens with zero attached hydrogens (tertiary/aromatic N) is 2. The first kappa shape index (κ1) is 51.4. The van der Waals surface area contributed by atoms with Crippen molar-refractivity contribution in [3.05, 3.63) is 95.4 Å². The number of hydrogen-bond acceptors (Lipinski definition) is 15. The van der Waals surface area contributed by atoms with E-state index in [0.29, 0.717) is 75.1 Å². The van der Waals surface area contributed by atoms with Gasteiger partial charge in [0.05, 0.1) is 61.9 Å². The molecule has 2 aromatic rings. The number of aromatic nitrogens is 2. The van der Waals surface area contributed by atoms with Gasteiger partial charge in [0, 0.05) is 56.1 Å².